The van der Waals surface area contributed by atoms with Gasteiger partial charge in [-0.2, -0.15) is 0 Å². The van der Waals surface area contributed by atoms with Crippen LogP contribution in [0.2, 0.25) is 0 Å². The maximum atomic E-state index is 5.20. The van der Waals surface area contributed by atoms with Gasteiger partial charge in [-0.1, -0.05) is 188 Å². The second-order valence-electron chi connectivity index (χ2n) is 16.2. The number of pyridine rings is 1. The van der Waals surface area contributed by atoms with Crippen molar-refractivity contribution in [2.75, 3.05) is 0 Å². The zero-order valence-corrected chi connectivity index (χ0v) is 33.9. The minimum Gasteiger partial charge on any atom is -0.309 e. The second kappa shape index (κ2) is 13.3. The maximum Gasteiger partial charge on any atom is 0.0735 e. The van der Waals surface area contributed by atoms with Gasteiger partial charge in [-0.25, -0.2) is 4.98 Å². The molecule has 0 saturated carbocycles. The fourth-order valence-corrected chi connectivity index (χ4v) is 11.7. The van der Waals surface area contributed by atoms with Crippen LogP contribution < -0.4 is 0 Å². The molecule has 1 aliphatic heterocycles. The molecule has 0 radical (unpaired) electrons. The van der Waals surface area contributed by atoms with Gasteiger partial charge in [0.25, 0.3) is 0 Å². The molecule has 0 unspecified atom stereocenters. The molecule has 11 aromatic rings. The largest absolute Gasteiger partial charge is 0.309 e. The van der Waals surface area contributed by atoms with Crippen molar-refractivity contribution in [3.05, 3.63) is 241 Å². The van der Waals surface area contributed by atoms with Crippen LogP contribution in [0, 0.1) is 0 Å². The molecule has 0 amide bonds. The summed E-state index contributed by atoms with van der Waals surface area (Å²) in [5, 5.41) is 4.92. The Bertz CT molecular complexity index is 3460. The number of rotatable bonds is 4. The zero-order valence-electron chi connectivity index (χ0n) is 33.1. The first kappa shape index (κ1) is 34.4. The average molecular weight is 793 g/mol. The van der Waals surface area contributed by atoms with Crippen LogP contribution in [0.1, 0.15) is 22.3 Å². The van der Waals surface area contributed by atoms with Gasteiger partial charge in [-0.3, -0.25) is 0 Å². The number of para-hydroxylation sites is 1. The van der Waals surface area contributed by atoms with Crippen LogP contribution in [0.5, 0.6) is 0 Å². The predicted molar refractivity (Wildman–Crippen MR) is 254 cm³/mol. The minimum absolute atomic E-state index is 0.433. The molecule has 0 bridgehead atoms. The van der Waals surface area contributed by atoms with Crippen molar-refractivity contribution in [2.45, 2.75) is 15.2 Å². The molecule has 1 spiro atoms. The van der Waals surface area contributed by atoms with Crippen molar-refractivity contribution < 1.29 is 0 Å². The summed E-state index contributed by atoms with van der Waals surface area (Å²) in [7, 11) is 0. The summed E-state index contributed by atoms with van der Waals surface area (Å²) in [5.74, 6) is 0. The number of hydrogen-bond acceptors (Lipinski definition) is 2. The molecule has 61 heavy (non-hydrogen) atoms. The zero-order chi connectivity index (χ0) is 40.1. The van der Waals surface area contributed by atoms with Gasteiger partial charge in [0, 0.05) is 37.1 Å². The summed E-state index contributed by atoms with van der Waals surface area (Å²) >= 11 is 1.90. The van der Waals surface area contributed by atoms with Crippen molar-refractivity contribution >= 4 is 44.3 Å². The molecular formula is C58H36N2S. The first-order valence-electron chi connectivity index (χ1n) is 21.0. The third-order valence-corrected chi connectivity index (χ3v) is 14.2. The Labute approximate surface area is 358 Å². The number of benzene rings is 9. The summed E-state index contributed by atoms with van der Waals surface area (Å²) in [6, 6.07) is 80.3. The van der Waals surface area contributed by atoms with Crippen molar-refractivity contribution in [3.8, 4) is 50.5 Å². The maximum absolute atomic E-state index is 5.20. The standard InChI is InChI=1S/C58H36N2S/c1-3-17-37(18-4-1)51-33-39(34-52(59-51)38-19-5-2-6-20-38)40-31-32-54(44-24-8-7-21-41(40)44)60-53-29-15-11-25-45(53)46-35-50-57(36-55(46)60)61-56-30-16-14-28-49(56)58(50)47-26-12-9-22-42(47)43-23-10-13-27-48(43)58/h1-36H. The Morgan fingerprint density at radius 1 is 0.344 bits per heavy atom. The fourth-order valence-electron chi connectivity index (χ4n) is 10.5. The lowest BCUT2D eigenvalue weighted by atomic mass is 9.67. The van der Waals surface area contributed by atoms with Gasteiger partial charge in [0.15, 0.2) is 0 Å². The summed E-state index contributed by atoms with van der Waals surface area (Å²) < 4.78 is 2.51. The molecule has 0 saturated heterocycles. The van der Waals surface area contributed by atoms with Gasteiger partial charge in [0.1, 0.15) is 0 Å². The van der Waals surface area contributed by atoms with Gasteiger partial charge in [0.05, 0.1) is 33.5 Å². The Balaban J connectivity index is 1.07. The summed E-state index contributed by atoms with van der Waals surface area (Å²) in [4.78, 5) is 7.80. The molecule has 13 rings (SSSR count). The number of aromatic nitrogens is 2. The molecule has 284 valence electrons. The third-order valence-electron chi connectivity index (χ3n) is 13.1. The predicted octanol–water partition coefficient (Wildman–Crippen LogP) is 15.2. The molecule has 2 aliphatic rings. The number of hydrogen-bond donors (Lipinski definition) is 0. The second-order valence-corrected chi connectivity index (χ2v) is 17.3. The minimum atomic E-state index is -0.433. The normalized spacial score (nSPS) is 13.3. The van der Waals surface area contributed by atoms with Crippen molar-refractivity contribution in [1.82, 2.24) is 9.55 Å². The van der Waals surface area contributed by atoms with Crippen molar-refractivity contribution in [1.29, 1.82) is 0 Å². The summed E-state index contributed by atoms with van der Waals surface area (Å²) in [6.07, 6.45) is 0. The van der Waals surface area contributed by atoms with E-state index in [2.05, 4.69) is 223 Å². The summed E-state index contributed by atoms with van der Waals surface area (Å²) in [6.45, 7) is 0. The molecule has 3 heterocycles. The third kappa shape index (κ3) is 4.96. The highest BCUT2D eigenvalue weighted by atomic mass is 32.2. The molecular weight excluding hydrogens is 757 g/mol. The Morgan fingerprint density at radius 3 is 1.59 bits per heavy atom. The number of nitrogens with zero attached hydrogens (tertiary/aromatic N) is 2. The SMILES string of the molecule is c1ccc(-c2cc(-c3ccc(-n4c5ccccc5c5cc6c(cc54)Sc4ccccc4C64c5ccccc5-c5ccccc54)c4ccccc34)cc(-c3ccccc3)n2)cc1. The topological polar surface area (TPSA) is 17.8 Å². The molecule has 1 aliphatic carbocycles. The van der Waals surface area contributed by atoms with Gasteiger partial charge in [0.2, 0.25) is 0 Å². The van der Waals surface area contributed by atoms with Crippen LogP contribution in [0.4, 0.5) is 0 Å². The van der Waals surface area contributed by atoms with E-state index in [1.165, 1.54) is 87.0 Å². The molecule has 9 aromatic carbocycles. The average Bonchev–Trinajstić information content (AvgIpc) is 3.81. The Morgan fingerprint density at radius 2 is 0.902 bits per heavy atom. The van der Waals surface area contributed by atoms with E-state index in [1.807, 2.05) is 11.8 Å². The summed E-state index contributed by atoms with van der Waals surface area (Å²) in [5.41, 5.74) is 17.7. The molecule has 0 fully saturated rings. The van der Waals surface area contributed by atoms with Crippen LogP contribution >= 0.6 is 11.8 Å². The van der Waals surface area contributed by atoms with E-state index in [1.54, 1.807) is 0 Å². The van der Waals surface area contributed by atoms with Gasteiger partial charge >= 0.3 is 0 Å². The quantitative estimate of drug-likeness (QED) is 0.177. The van der Waals surface area contributed by atoms with Crippen LogP contribution in [0.15, 0.2) is 228 Å². The van der Waals surface area contributed by atoms with Gasteiger partial charge < -0.3 is 4.57 Å². The highest BCUT2D eigenvalue weighted by Gasteiger charge is 2.50. The lowest BCUT2D eigenvalue weighted by Gasteiger charge is -2.39. The van der Waals surface area contributed by atoms with Crippen LogP contribution in [0.3, 0.4) is 0 Å². The molecule has 0 atom stereocenters. The van der Waals surface area contributed by atoms with Crippen molar-refractivity contribution in [2.24, 2.45) is 0 Å². The molecule has 0 N–H and O–H groups in total. The van der Waals surface area contributed by atoms with Gasteiger partial charge in [-0.15, -0.1) is 0 Å². The van der Waals surface area contributed by atoms with Crippen LogP contribution in [-0.4, -0.2) is 9.55 Å². The van der Waals surface area contributed by atoms with Crippen molar-refractivity contribution in [3.63, 3.8) is 0 Å². The highest BCUT2D eigenvalue weighted by molar-refractivity contribution is 7.99. The van der Waals surface area contributed by atoms with E-state index in [-0.39, 0.29) is 0 Å². The molecule has 3 heteroatoms. The van der Waals surface area contributed by atoms with E-state index >= 15 is 0 Å². The van der Waals surface area contributed by atoms with Crippen LogP contribution in [0.25, 0.3) is 83.0 Å². The Kier molecular flexibility index (Phi) is 7.49. The number of fused-ring (bicyclic) bond motifs is 13. The van der Waals surface area contributed by atoms with Gasteiger partial charge in [-0.05, 0) is 92.4 Å². The Hall–Kier alpha value is -7.46. The van der Waals surface area contributed by atoms with E-state index in [0.717, 1.165) is 28.1 Å². The lowest BCUT2D eigenvalue weighted by Crippen LogP contribution is -2.31. The molecule has 2 nitrogen and oxygen atoms in total. The first-order chi connectivity index (χ1) is 30.3. The lowest BCUT2D eigenvalue weighted by molar-refractivity contribution is 0.724. The van der Waals surface area contributed by atoms with E-state index in [0.29, 0.717) is 0 Å². The smallest absolute Gasteiger partial charge is 0.0735 e. The fraction of sp³-hybridized carbons (Fsp3) is 0.0172. The monoisotopic (exact) mass is 792 g/mol. The first-order valence-corrected chi connectivity index (χ1v) is 21.8. The van der Waals surface area contributed by atoms with E-state index in [4.69, 9.17) is 4.98 Å². The van der Waals surface area contributed by atoms with E-state index in [9.17, 15) is 0 Å². The molecule has 2 aromatic heterocycles. The van der Waals surface area contributed by atoms with E-state index < -0.39 is 5.41 Å². The van der Waals surface area contributed by atoms with Crippen LogP contribution in [-0.2, 0) is 5.41 Å². The highest BCUT2D eigenvalue weighted by Crippen LogP contribution is 2.62.